The summed E-state index contributed by atoms with van der Waals surface area (Å²) in [7, 11) is 0. The zero-order valence-electron chi connectivity index (χ0n) is 24.1. The highest BCUT2D eigenvalue weighted by atomic mass is 14.9. The number of aryl methyl sites for hydroxylation is 1. The molecule has 0 radical (unpaired) electrons. The summed E-state index contributed by atoms with van der Waals surface area (Å²) in [6.45, 7) is 18.5. The second-order valence-corrected chi connectivity index (χ2v) is 11.3. The van der Waals surface area contributed by atoms with Gasteiger partial charge in [-0.15, -0.1) is 0 Å². The molecule has 0 fully saturated rings. The fourth-order valence-corrected chi connectivity index (χ4v) is 5.65. The molecule has 200 valence electrons. The lowest BCUT2D eigenvalue weighted by Crippen LogP contribution is -2.14. The third kappa shape index (κ3) is 8.77. The minimum Gasteiger partial charge on any atom is -0.381 e. The summed E-state index contributed by atoms with van der Waals surface area (Å²) < 4.78 is 0. The minimum absolute atomic E-state index is 0.552. The quantitative estimate of drug-likeness (QED) is 0.180. The van der Waals surface area contributed by atoms with Crippen LogP contribution in [0.5, 0.6) is 0 Å². The van der Waals surface area contributed by atoms with Crippen LogP contribution in [0.25, 0.3) is 5.70 Å². The molecule has 3 unspecified atom stereocenters. The van der Waals surface area contributed by atoms with E-state index in [1.165, 1.54) is 78.3 Å². The maximum absolute atomic E-state index is 4.39. The van der Waals surface area contributed by atoms with Gasteiger partial charge in [0, 0.05) is 18.2 Å². The van der Waals surface area contributed by atoms with Crippen LogP contribution in [0.4, 0.5) is 0 Å². The number of unbranched alkanes of at least 4 members (excludes halogenated alkanes) is 4. The van der Waals surface area contributed by atoms with Crippen molar-refractivity contribution in [3.05, 3.63) is 101 Å². The third-order valence-corrected chi connectivity index (χ3v) is 8.37. The first-order valence-corrected chi connectivity index (χ1v) is 14.9. The van der Waals surface area contributed by atoms with Gasteiger partial charge in [0.15, 0.2) is 0 Å². The molecule has 2 aromatic carbocycles. The average Bonchev–Trinajstić information content (AvgIpc) is 3.40. The maximum Gasteiger partial charge on any atom is 0.0403 e. The van der Waals surface area contributed by atoms with Crippen molar-refractivity contribution >= 4 is 5.70 Å². The second-order valence-electron chi connectivity index (χ2n) is 11.3. The van der Waals surface area contributed by atoms with Crippen LogP contribution >= 0.6 is 0 Å². The van der Waals surface area contributed by atoms with E-state index in [0.29, 0.717) is 11.8 Å². The van der Waals surface area contributed by atoms with Crippen molar-refractivity contribution in [2.75, 3.05) is 0 Å². The van der Waals surface area contributed by atoms with Crippen LogP contribution in [0.3, 0.4) is 0 Å². The molecular weight excluding hydrogens is 446 g/mol. The van der Waals surface area contributed by atoms with E-state index >= 15 is 0 Å². The van der Waals surface area contributed by atoms with Crippen molar-refractivity contribution in [1.82, 2.24) is 5.32 Å². The fourth-order valence-electron chi connectivity index (χ4n) is 5.65. The van der Waals surface area contributed by atoms with Crippen molar-refractivity contribution in [2.45, 2.75) is 104 Å². The Morgan fingerprint density at radius 3 is 2.32 bits per heavy atom. The summed E-state index contributed by atoms with van der Waals surface area (Å²) in [5.74, 6) is 1.85. The van der Waals surface area contributed by atoms with Gasteiger partial charge in [0.1, 0.15) is 0 Å². The normalized spacial score (nSPS) is 17.6. The predicted octanol–water partition coefficient (Wildman–Crippen LogP) is 10.2. The van der Waals surface area contributed by atoms with Crippen LogP contribution in [0, 0.1) is 11.8 Å². The first-order valence-electron chi connectivity index (χ1n) is 14.9. The first kappa shape index (κ1) is 29.0. The van der Waals surface area contributed by atoms with E-state index in [9.17, 15) is 0 Å². The van der Waals surface area contributed by atoms with Gasteiger partial charge in [0.25, 0.3) is 0 Å². The lowest BCUT2D eigenvalue weighted by Gasteiger charge is -2.18. The molecule has 1 N–H and O–H groups in total. The molecule has 0 amide bonds. The molecule has 1 aliphatic carbocycles. The van der Waals surface area contributed by atoms with Crippen molar-refractivity contribution in [1.29, 1.82) is 0 Å². The van der Waals surface area contributed by atoms with Gasteiger partial charge >= 0.3 is 0 Å². The lowest BCUT2D eigenvalue weighted by molar-refractivity contribution is 0.578. The van der Waals surface area contributed by atoms with Gasteiger partial charge in [-0.1, -0.05) is 120 Å². The summed E-state index contributed by atoms with van der Waals surface area (Å²) in [5, 5.41) is 3.66. The fraction of sp³-hybridized carbons (Fsp3) is 0.500. The van der Waals surface area contributed by atoms with E-state index in [4.69, 9.17) is 0 Å². The molecule has 0 bridgehead atoms. The van der Waals surface area contributed by atoms with Crippen molar-refractivity contribution < 1.29 is 0 Å². The predicted molar refractivity (Wildman–Crippen MR) is 164 cm³/mol. The molecule has 1 heteroatoms. The Morgan fingerprint density at radius 2 is 1.68 bits per heavy atom. The molecule has 3 rings (SSSR count). The van der Waals surface area contributed by atoms with Crippen LogP contribution in [0.2, 0.25) is 0 Å². The number of hydrogen-bond donors (Lipinski definition) is 1. The number of hydrogen-bond acceptors (Lipinski definition) is 1. The van der Waals surface area contributed by atoms with Crippen LogP contribution in [-0.4, -0.2) is 0 Å². The van der Waals surface area contributed by atoms with Crippen LogP contribution in [0.15, 0.2) is 73.3 Å². The Hall–Kier alpha value is -2.54. The van der Waals surface area contributed by atoms with Crippen LogP contribution in [-0.2, 0) is 19.4 Å². The molecule has 0 saturated carbocycles. The van der Waals surface area contributed by atoms with E-state index in [0.717, 1.165) is 37.4 Å². The largest absolute Gasteiger partial charge is 0.381 e. The van der Waals surface area contributed by atoms with E-state index in [-0.39, 0.29) is 0 Å². The summed E-state index contributed by atoms with van der Waals surface area (Å²) in [4.78, 5) is 0. The highest BCUT2D eigenvalue weighted by Crippen LogP contribution is 2.34. The number of rotatable bonds is 16. The van der Waals surface area contributed by atoms with Crippen molar-refractivity contribution in [3.8, 4) is 0 Å². The van der Waals surface area contributed by atoms with Gasteiger partial charge < -0.3 is 5.32 Å². The molecule has 1 aliphatic rings. The average molecular weight is 498 g/mol. The Morgan fingerprint density at radius 1 is 0.919 bits per heavy atom. The highest BCUT2D eigenvalue weighted by molar-refractivity contribution is 5.62. The second kappa shape index (κ2) is 15.0. The molecule has 37 heavy (non-hydrogen) atoms. The first-order chi connectivity index (χ1) is 17.9. The van der Waals surface area contributed by atoms with E-state index < -0.39 is 0 Å². The number of nitrogens with one attached hydrogen (secondary N) is 1. The maximum atomic E-state index is 4.39. The van der Waals surface area contributed by atoms with Gasteiger partial charge in [-0.2, -0.15) is 0 Å². The zero-order valence-corrected chi connectivity index (χ0v) is 24.1. The summed E-state index contributed by atoms with van der Waals surface area (Å²) >= 11 is 0. The smallest absolute Gasteiger partial charge is 0.0403 e. The Kier molecular flexibility index (Phi) is 11.8. The molecule has 0 spiro atoms. The van der Waals surface area contributed by atoms with Crippen LogP contribution in [0.1, 0.15) is 113 Å². The summed E-state index contributed by atoms with van der Waals surface area (Å²) in [6, 6.07) is 16.2. The number of benzene rings is 2. The van der Waals surface area contributed by atoms with Crippen molar-refractivity contribution in [3.63, 3.8) is 0 Å². The zero-order chi connectivity index (χ0) is 26.6. The van der Waals surface area contributed by atoms with Crippen molar-refractivity contribution in [2.24, 2.45) is 11.8 Å². The van der Waals surface area contributed by atoms with E-state index in [1.54, 1.807) is 0 Å². The van der Waals surface area contributed by atoms with Crippen LogP contribution < -0.4 is 5.32 Å². The standard InChI is InChI=1S/C36H51N/c1-7-10-11-12-13-14-33-17-16-30(24-31(9-3)27(4)5)25-36(33)26-37-28(6)32-19-21-34(22-20-32)35-18-15-29(8-2)23-35/h15-22,25,29,31,35,37H,4,6-14,23-24,26H2,1-3,5H3. The Labute approximate surface area is 228 Å². The van der Waals surface area contributed by atoms with Gasteiger partial charge in [-0.3, -0.25) is 0 Å². The lowest BCUT2D eigenvalue weighted by atomic mass is 9.89. The molecule has 2 aromatic rings. The molecule has 0 heterocycles. The van der Waals surface area contributed by atoms with Gasteiger partial charge in [0.2, 0.25) is 0 Å². The SMILES string of the molecule is C=C(NCc1cc(CC(CC)C(=C)C)ccc1CCCCCCC)c1ccc(C2C=CC(CC)C2)cc1. The van der Waals surface area contributed by atoms with E-state index in [2.05, 4.69) is 101 Å². The topological polar surface area (TPSA) is 12.0 Å². The van der Waals surface area contributed by atoms with Gasteiger partial charge in [-0.05, 0) is 85.1 Å². The molecular formula is C36H51N. The van der Waals surface area contributed by atoms with Gasteiger partial charge in [0.05, 0.1) is 0 Å². The molecule has 0 saturated heterocycles. The molecule has 0 aliphatic heterocycles. The Bertz CT molecular complexity index is 1030. The number of allylic oxidation sites excluding steroid dienone is 3. The monoisotopic (exact) mass is 497 g/mol. The molecule has 3 atom stereocenters. The third-order valence-electron chi connectivity index (χ3n) is 8.37. The van der Waals surface area contributed by atoms with Gasteiger partial charge in [-0.25, -0.2) is 0 Å². The molecule has 0 aromatic heterocycles. The summed E-state index contributed by atoms with van der Waals surface area (Å²) in [5.41, 5.74) is 9.23. The summed E-state index contributed by atoms with van der Waals surface area (Å²) in [6.07, 6.45) is 17.2. The minimum atomic E-state index is 0.552. The van der Waals surface area contributed by atoms with E-state index in [1.807, 2.05) is 0 Å². The molecule has 1 nitrogen and oxygen atoms in total. The highest BCUT2D eigenvalue weighted by Gasteiger charge is 2.19. The Balaban J connectivity index is 1.66.